The van der Waals surface area contributed by atoms with E-state index in [2.05, 4.69) is 29.4 Å². The van der Waals surface area contributed by atoms with Crippen LogP contribution in [0.15, 0.2) is 24.4 Å². The van der Waals surface area contributed by atoms with Gasteiger partial charge in [-0.25, -0.2) is 4.98 Å². The van der Waals surface area contributed by atoms with Gasteiger partial charge in [-0.05, 0) is 105 Å². The molecule has 0 spiro atoms. The second-order valence-corrected chi connectivity index (χ2v) is 14.7. The van der Waals surface area contributed by atoms with Gasteiger partial charge < -0.3 is 10.1 Å². The molecule has 1 amide bonds. The van der Waals surface area contributed by atoms with Crippen LogP contribution in [0.3, 0.4) is 0 Å². The summed E-state index contributed by atoms with van der Waals surface area (Å²) in [5.41, 5.74) is 2.47. The zero-order chi connectivity index (χ0) is 28.6. The van der Waals surface area contributed by atoms with Gasteiger partial charge in [0.05, 0.1) is 0 Å². The molecule has 0 aliphatic heterocycles. The topological polar surface area (TPSA) is 85.4 Å². The van der Waals surface area contributed by atoms with E-state index in [1.807, 2.05) is 13.0 Å². The van der Waals surface area contributed by atoms with Crippen LogP contribution in [0, 0.1) is 36.0 Å². The van der Waals surface area contributed by atoms with Crippen molar-refractivity contribution < 1.29 is 19.1 Å². The number of ether oxygens (including phenoxy) is 1. The zero-order valence-electron chi connectivity index (χ0n) is 24.6. The predicted molar refractivity (Wildman–Crippen MR) is 161 cm³/mol. The van der Waals surface area contributed by atoms with E-state index in [0.717, 1.165) is 49.8 Å². The van der Waals surface area contributed by atoms with Crippen LogP contribution in [0.5, 0.6) is 5.75 Å². The van der Waals surface area contributed by atoms with Gasteiger partial charge in [-0.3, -0.25) is 14.4 Å². The van der Waals surface area contributed by atoms with Crippen molar-refractivity contribution in [2.45, 2.75) is 110 Å². The third-order valence-electron chi connectivity index (χ3n) is 10.9. The summed E-state index contributed by atoms with van der Waals surface area (Å²) in [7, 11) is 0. The number of thiazole rings is 1. The van der Waals surface area contributed by atoms with Crippen LogP contribution in [0.1, 0.15) is 112 Å². The Morgan fingerprint density at radius 1 is 1.12 bits per heavy atom. The van der Waals surface area contributed by atoms with E-state index in [1.54, 1.807) is 6.20 Å². The Labute approximate surface area is 248 Å². The number of Topliss-reactive ketones (excluding diaryl/α,β-unsaturated/α-hetero) is 1. The molecular formula is C34H44N2O4S. The van der Waals surface area contributed by atoms with Gasteiger partial charge in [-0.15, -0.1) is 11.3 Å². The SMILES string of the molecule is Cc1cnc(NC(=O)CCC[C@@H]2CC(=O)[C@@]3(C)CCC4c5ccc(OC(=O)CCC6CCCC6)cc5CCC4C23)s1. The van der Waals surface area contributed by atoms with Crippen LogP contribution < -0.4 is 10.1 Å². The summed E-state index contributed by atoms with van der Waals surface area (Å²) in [5, 5.41) is 3.58. The number of aryl methyl sites for hydroxylation is 2. The average molecular weight is 577 g/mol. The fraction of sp³-hybridized carbons (Fsp3) is 0.647. The van der Waals surface area contributed by atoms with E-state index in [-0.39, 0.29) is 17.3 Å². The number of nitrogens with zero attached hydrogens (tertiary/aromatic N) is 1. The van der Waals surface area contributed by atoms with Crippen LogP contribution in [0.4, 0.5) is 5.13 Å². The quantitative estimate of drug-likeness (QED) is 0.243. The first kappa shape index (κ1) is 28.6. The molecule has 0 saturated heterocycles. The lowest BCUT2D eigenvalue weighted by molar-refractivity contribution is -0.134. The van der Waals surface area contributed by atoms with Gasteiger partial charge in [0.15, 0.2) is 5.13 Å². The highest BCUT2D eigenvalue weighted by Gasteiger charge is 2.58. The molecule has 3 unspecified atom stereocenters. The van der Waals surface area contributed by atoms with E-state index in [0.29, 0.717) is 65.5 Å². The van der Waals surface area contributed by atoms with E-state index in [1.165, 1.54) is 48.1 Å². The molecule has 3 saturated carbocycles. The number of carbonyl (C=O) groups excluding carboxylic acids is 3. The molecule has 6 nitrogen and oxygen atoms in total. The first-order chi connectivity index (χ1) is 19.8. The zero-order valence-corrected chi connectivity index (χ0v) is 25.4. The minimum atomic E-state index is -0.237. The summed E-state index contributed by atoms with van der Waals surface area (Å²) >= 11 is 1.49. The minimum absolute atomic E-state index is 0.00888. The fourth-order valence-electron chi connectivity index (χ4n) is 8.87. The van der Waals surface area contributed by atoms with Gasteiger partial charge in [0.25, 0.3) is 0 Å². The Kier molecular flexibility index (Phi) is 8.35. The normalized spacial score (nSPS) is 29.1. The summed E-state index contributed by atoms with van der Waals surface area (Å²) in [5.74, 6) is 3.36. The Morgan fingerprint density at radius 2 is 1.95 bits per heavy atom. The number of fused-ring (bicyclic) bond motifs is 5. The highest BCUT2D eigenvalue weighted by Crippen LogP contribution is 2.62. The van der Waals surface area contributed by atoms with Crippen molar-refractivity contribution in [3.8, 4) is 5.75 Å². The third kappa shape index (κ3) is 6.02. The number of amides is 1. The summed E-state index contributed by atoms with van der Waals surface area (Å²) in [6.45, 7) is 4.20. The number of aromatic nitrogens is 1. The lowest BCUT2D eigenvalue weighted by atomic mass is 9.54. The van der Waals surface area contributed by atoms with Crippen molar-refractivity contribution in [3.63, 3.8) is 0 Å². The molecule has 0 bridgehead atoms. The van der Waals surface area contributed by atoms with Crippen molar-refractivity contribution in [1.82, 2.24) is 4.98 Å². The van der Waals surface area contributed by atoms with Crippen molar-refractivity contribution in [2.24, 2.45) is 29.1 Å². The van der Waals surface area contributed by atoms with Crippen molar-refractivity contribution in [1.29, 1.82) is 0 Å². The average Bonchev–Trinajstić information content (AvgIpc) is 3.67. The first-order valence-electron chi connectivity index (χ1n) is 15.9. The molecule has 5 atom stereocenters. The number of esters is 1. The molecule has 1 aromatic carbocycles. The molecule has 1 N–H and O–H groups in total. The molecule has 41 heavy (non-hydrogen) atoms. The van der Waals surface area contributed by atoms with Crippen molar-refractivity contribution in [2.75, 3.05) is 5.32 Å². The third-order valence-corrected chi connectivity index (χ3v) is 11.7. The lowest BCUT2D eigenvalue weighted by Gasteiger charge is -2.50. The molecular weight excluding hydrogens is 532 g/mol. The molecule has 220 valence electrons. The number of rotatable bonds is 9. The molecule has 7 heteroatoms. The highest BCUT2D eigenvalue weighted by atomic mass is 32.1. The molecule has 3 fully saturated rings. The van der Waals surface area contributed by atoms with Crippen LogP contribution in [-0.2, 0) is 20.8 Å². The lowest BCUT2D eigenvalue weighted by Crippen LogP contribution is -2.44. The second-order valence-electron chi connectivity index (χ2n) is 13.4. The number of nitrogens with one attached hydrogen (secondary N) is 1. The summed E-state index contributed by atoms with van der Waals surface area (Å²) in [6, 6.07) is 6.29. The van der Waals surface area contributed by atoms with Gasteiger partial charge in [-0.1, -0.05) is 38.7 Å². The Hall–Kier alpha value is -2.54. The highest BCUT2D eigenvalue weighted by molar-refractivity contribution is 7.15. The summed E-state index contributed by atoms with van der Waals surface area (Å²) in [6.07, 6.45) is 15.2. The number of carbonyl (C=O) groups is 3. The molecule has 1 aromatic heterocycles. The Balaban J connectivity index is 1.08. The maximum Gasteiger partial charge on any atom is 0.311 e. The summed E-state index contributed by atoms with van der Waals surface area (Å²) in [4.78, 5) is 43.7. The number of anilines is 1. The second kappa shape index (κ2) is 12.0. The molecule has 4 aliphatic rings. The summed E-state index contributed by atoms with van der Waals surface area (Å²) < 4.78 is 5.78. The monoisotopic (exact) mass is 576 g/mol. The maximum atomic E-state index is 13.4. The van der Waals surface area contributed by atoms with E-state index in [9.17, 15) is 14.4 Å². The van der Waals surface area contributed by atoms with E-state index < -0.39 is 0 Å². The number of hydrogen-bond acceptors (Lipinski definition) is 6. The standard InChI is InChI=1S/C34H44N2O4S/c1-21-20-35-33(41-21)36-30(38)9-5-8-24-19-29(37)34(2)17-16-27-26-14-12-25(18-23(26)11-13-28(27)32(24)34)40-31(39)15-10-22-6-3-4-7-22/h12,14,18,20,22,24,27-28,32H,3-11,13,15-17,19H2,1-2H3,(H,35,36,38)/t24-,27?,28?,32?,34-/m1/s1. The molecule has 2 aromatic rings. The van der Waals surface area contributed by atoms with Crippen LogP contribution in [0.2, 0.25) is 0 Å². The largest absolute Gasteiger partial charge is 0.427 e. The van der Waals surface area contributed by atoms with Gasteiger partial charge in [-0.2, -0.15) is 0 Å². The Morgan fingerprint density at radius 3 is 2.73 bits per heavy atom. The molecule has 1 heterocycles. The van der Waals surface area contributed by atoms with Crippen LogP contribution in [0.25, 0.3) is 0 Å². The maximum absolute atomic E-state index is 13.4. The van der Waals surface area contributed by atoms with E-state index in [4.69, 9.17) is 4.74 Å². The molecule has 0 radical (unpaired) electrons. The number of benzene rings is 1. The van der Waals surface area contributed by atoms with Crippen molar-refractivity contribution in [3.05, 3.63) is 40.4 Å². The van der Waals surface area contributed by atoms with E-state index >= 15 is 0 Å². The minimum Gasteiger partial charge on any atom is -0.427 e. The van der Waals surface area contributed by atoms with Crippen LogP contribution >= 0.6 is 11.3 Å². The smallest absolute Gasteiger partial charge is 0.311 e. The Bertz CT molecular complexity index is 1300. The fourth-order valence-corrected chi connectivity index (χ4v) is 9.55. The predicted octanol–water partition coefficient (Wildman–Crippen LogP) is 7.79. The van der Waals surface area contributed by atoms with Gasteiger partial charge >= 0.3 is 5.97 Å². The van der Waals surface area contributed by atoms with Gasteiger partial charge in [0.1, 0.15) is 11.5 Å². The van der Waals surface area contributed by atoms with Gasteiger partial charge in [0.2, 0.25) is 5.91 Å². The number of hydrogen-bond donors (Lipinski definition) is 1. The van der Waals surface area contributed by atoms with Crippen LogP contribution in [-0.4, -0.2) is 22.6 Å². The first-order valence-corrected chi connectivity index (χ1v) is 16.7. The number of ketones is 1. The van der Waals surface area contributed by atoms with Gasteiger partial charge in [0, 0.05) is 35.8 Å². The molecule has 4 aliphatic carbocycles. The van der Waals surface area contributed by atoms with Crippen molar-refractivity contribution >= 4 is 34.1 Å². The molecule has 6 rings (SSSR count).